The monoisotopic (exact) mass is 421 g/mol. The third kappa shape index (κ3) is 5.20. The Morgan fingerprint density at radius 3 is 2.74 bits per heavy atom. The lowest BCUT2D eigenvalue weighted by Crippen LogP contribution is -2.14. The van der Waals surface area contributed by atoms with E-state index in [1.807, 2.05) is 55.6 Å². The molecule has 2 aromatic carbocycles. The second kappa shape index (κ2) is 9.51. The average molecular weight is 422 g/mol. The minimum absolute atomic E-state index is 0.557. The first-order chi connectivity index (χ1) is 13.1. The van der Waals surface area contributed by atoms with Crippen LogP contribution in [0.25, 0.3) is 10.9 Å². The first-order valence-electron chi connectivity index (χ1n) is 8.55. The van der Waals surface area contributed by atoms with Gasteiger partial charge in [-0.1, -0.05) is 53.3 Å². The van der Waals surface area contributed by atoms with Gasteiger partial charge in [-0.3, -0.25) is 4.72 Å². The van der Waals surface area contributed by atoms with Gasteiger partial charge in [0.1, 0.15) is 17.9 Å². The number of nitrogens with one attached hydrogen (secondary N) is 2. The summed E-state index contributed by atoms with van der Waals surface area (Å²) in [6, 6.07) is 13.7. The molecule has 142 valence electrons. The molecular formula is C20H21Cl2N3OS. The van der Waals surface area contributed by atoms with Crippen molar-refractivity contribution in [3.8, 4) is 5.75 Å². The quantitative estimate of drug-likeness (QED) is 0.360. The Morgan fingerprint density at radius 2 is 1.96 bits per heavy atom. The van der Waals surface area contributed by atoms with Gasteiger partial charge < -0.3 is 10.1 Å². The number of aryl methyl sites for hydroxylation is 1. The number of para-hydroxylation sites is 1. The van der Waals surface area contributed by atoms with Crippen LogP contribution in [0.15, 0.2) is 42.5 Å². The summed E-state index contributed by atoms with van der Waals surface area (Å²) >= 11 is 13.7. The Morgan fingerprint density at radius 1 is 1.11 bits per heavy atom. The molecule has 0 bridgehead atoms. The molecule has 4 nitrogen and oxygen atoms in total. The fourth-order valence-electron chi connectivity index (χ4n) is 2.76. The van der Waals surface area contributed by atoms with E-state index >= 15 is 0 Å². The van der Waals surface area contributed by atoms with Crippen LogP contribution in [0.2, 0.25) is 10.0 Å². The van der Waals surface area contributed by atoms with Crippen LogP contribution in [0.4, 0.5) is 5.69 Å². The lowest BCUT2D eigenvalue weighted by Gasteiger charge is -2.14. The number of benzene rings is 2. The molecule has 0 saturated carbocycles. The summed E-state index contributed by atoms with van der Waals surface area (Å²) in [7, 11) is 0. The molecule has 7 heteroatoms. The first-order valence-corrected chi connectivity index (χ1v) is 10.5. The molecule has 0 aliphatic heterocycles. The van der Waals surface area contributed by atoms with E-state index in [-0.39, 0.29) is 0 Å². The van der Waals surface area contributed by atoms with Gasteiger partial charge in [0, 0.05) is 29.9 Å². The van der Waals surface area contributed by atoms with Crippen molar-refractivity contribution in [1.29, 1.82) is 0 Å². The minimum atomic E-state index is 0.557. The van der Waals surface area contributed by atoms with Crippen molar-refractivity contribution in [2.24, 2.45) is 0 Å². The highest BCUT2D eigenvalue weighted by Gasteiger charge is 2.09. The minimum Gasteiger partial charge on any atom is -0.490 e. The van der Waals surface area contributed by atoms with E-state index < -0.39 is 0 Å². The zero-order valence-corrected chi connectivity index (χ0v) is 17.5. The van der Waals surface area contributed by atoms with Crippen LogP contribution in [0.3, 0.4) is 0 Å². The Hall–Kier alpha value is -1.66. The summed E-state index contributed by atoms with van der Waals surface area (Å²) in [6.07, 6.45) is 1.99. The van der Waals surface area contributed by atoms with E-state index in [0.717, 1.165) is 40.1 Å². The van der Waals surface area contributed by atoms with E-state index in [2.05, 4.69) is 15.0 Å². The second-order valence-electron chi connectivity index (χ2n) is 6.01. The summed E-state index contributed by atoms with van der Waals surface area (Å²) in [6.45, 7) is 3.97. The maximum atomic E-state index is 6.11. The topological polar surface area (TPSA) is 46.2 Å². The van der Waals surface area contributed by atoms with Crippen molar-refractivity contribution >= 4 is 51.7 Å². The molecule has 0 atom stereocenters. The molecule has 0 aliphatic rings. The van der Waals surface area contributed by atoms with Gasteiger partial charge >= 0.3 is 0 Å². The summed E-state index contributed by atoms with van der Waals surface area (Å²) < 4.78 is 9.10. The van der Waals surface area contributed by atoms with Gasteiger partial charge in [0.15, 0.2) is 0 Å². The summed E-state index contributed by atoms with van der Waals surface area (Å²) in [5, 5.41) is 5.62. The smallest absolute Gasteiger partial charge is 0.145 e. The highest BCUT2D eigenvalue weighted by molar-refractivity contribution is 7.96. The van der Waals surface area contributed by atoms with E-state index in [0.29, 0.717) is 23.2 Å². The number of halogens is 2. The number of hydrogen-bond acceptors (Lipinski definition) is 5. The van der Waals surface area contributed by atoms with E-state index in [1.165, 1.54) is 0 Å². The van der Waals surface area contributed by atoms with E-state index in [4.69, 9.17) is 27.9 Å². The van der Waals surface area contributed by atoms with Gasteiger partial charge in [-0.05, 0) is 43.0 Å². The largest absolute Gasteiger partial charge is 0.490 e. The number of aromatic nitrogens is 1. The SMILES string of the molecule is CSNCCOc1cccc2c(NCc3ccc(Cl)c(Cl)c3)cc(C)nc12. The van der Waals surface area contributed by atoms with E-state index in [9.17, 15) is 0 Å². The first kappa shape index (κ1) is 20.1. The fraction of sp³-hybridized carbons (Fsp3) is 0.250. The third-order valence-electron chi connectivity index (χ3n) is 4.00. The Bertz CT molecular complexity index is 936. The maximum absolute atomic E-state index is 6.11. The molecule has 2 N–H and O–H groups in total. The van der Waals surface area contributed by atoms with Crippen LogP contribution in [-0.4, -0.2) is 24.4 Å². The van der Waals surface area contributed by atoms with Crippen LogP contribution >= 0.6 is 35.1 Å². The molecule has 0 spiro atoms. The van der Waals surface area contributed by atoms with Gasteiger partial charge in [-0.15, -0.1) is 0 Å². The van der Waals surface area contributed by atoms with Gasteiger partial charge in [-0.2, -0.15) is 0 Å². The van der Waals surface area contributed by atoms with E-state index in [1.54, 1.807) is 11.9 Å². The molecular weight excluding hydrogens is 401 g/mol. The Kier molecular flexibility index (Phi) is 7.07. The number of rotatable bonds is 8. The van der Waals surface area contributed by atoms with Crippen molar-refractivity contribution in [1.82, 2.24) is 9.71 Å². The van der Waals surface area contributed by atoms with Crippen molar-refractivity contribution in [2.75, 3.05) is 24.7 Å². The van der Waals surface area contributed by atoms with Gasteiger partial charge in [-0.25, -0.2) is 4.98 Å². The van der Waals surface area contributed by atoms with Crippen molar-refractivity contribution in [2.45, 2.75) is 13.5 Å². The molecule has 27 heavy (non-hydrogen) atoms. The summed E-state index contributed by atoms with van der Waals surface area (Å²) in [5.41, 5.74) is 3.86. The number of pyridine rings is 1. The van der Waals surface area contributed by atoms with Crippen molar-refractivity contribution < 1.29 is 4.74 Å². The molecule has 0 aliphatic carbocycles. The highest BCUT2D eigenvalue weighted by Crippen LogP contribution is 2.31. The van der Waals surface area contributed by atoms with Crippen LogP contribution in [-0.2, 0) is 6.54 Å². The number of nitrogens with zero attached hydrogens (tertiary/aromatic N) is 1. The summed E-state index contributed by atoms with van der Waals surface area (Å²) in [5.74, 6) is 0.789. The molecule has 0 radical (unpaired) electrons. The number of ether oxygens (including phenoxy) is 1. The Balaban J connectivity index is 1.83. The molecule has 0 saturated heterocycles. The maximum Gasteiger partial charge on any atom is 0.145 e. The zero-order chi connectivity index (χ0) is 19.2. The van der Waals surface area contributed by atoms with Gasteiger partial charge in [0.25, 0.3) is 0 Å². The molecule has 0 unspecified atom stereocenters. The summed E-state index contributed by atoms with van der Waals surface area (Å²) in [4.78, 5) is 4.69. The van der Waals surface area contributed by atoms with Crippen LogP contribution in [0, 0.1) is 6.92 Å². The van der Waals surface area contributed by atoms with Gasteiger partial charge in [0.05, 0.1) is 10.0 Å². The van der Waals surface area contributed by atoms with Crippen molar-refractivity contribution in [3.05, 3.63) is 63.8 Å². The van der Waals surface area contributed by atoms with Crippen molar-refractivity contribution in [3.63, 3.8) is 0 Å². The normalized spacial score (nSPS) is 11.0. The third-order valence-corrected chi connectivity index (χ3v) is 5.24. The number of hydrogen-bond donors (Lipinski definition) is 2. The molecule has 3 rings (SSSR count). The fourth-order valence-corrected chi connectivity index (χ4v) is 3.37. The van der Waals surface area contributed by atoms with Crippen LogP contribution in [0.5, 0.6) is 5.75 Å². The van der Waals surface area contributed by atoms with Crippen LogP contribution in [0.1, 0.15) is 11.3 Å². The number of anilines is 1. The molecule has 1 heterocycles. The number of fused-ring (bicyclic) bond motifs is 1. The lowest BCUT2D eigenvalue weighted by atomic mass is 10.1. The molecule has 3 aromatic rings. The van der Waals surface area contributed by atoms with Gasteiger partial charge in [0.2, 0.25) is 0 Å². The Labute approximate surface area is 173 Å². The standard InChI is InChI=1S/C20H21Cl2N3OS/c1-13-10-18(23-12-14-6-7-16(21)17(22)11-14)15-4-3-5-19(20(15)25-13)26-9-8-24-27-2/h3-7,10-11,24H,8-9,12H2,1-2H3,(H,23,25). The zero-order valence-electron chi connectivity index (χ0n) is 15.2. The molecule has 0 amide bonds. The molecule has 1 aromatic heterocycles. The predicted molar refractivity (Wildman–Crippen MR) is 117 cm³/mol. The predicted octanol–water partition coefficient (Wildman–Crippen LogP) is 5.71. The second-order valence-corrected chi connectivity index (χ2v) is 7.52. The highest BCUT2D eigenvalue weighted by atomic mass is 35.5. The molecule has 0 fully saturated rings. The van der Waals surface area contributed by atoms with Crippen LogP contribution < -0.4 is 14.8 Å². The lowest BCUT2D eigenvalue weighted by molar-refractivity contribution is 0.328. The average Bonchev–Trinajstić information content (AvgIpc) is 2.66.